The summed E-state index contributed by atoms with van der Waals surface area (Å²) >= 11 is 0. The molecule has 7 heteroatoms. The number of hydrogen-bond donors (Lipinski definition) is 2. The third-order valence-corrected chi connectivity index (χ3v) is 6.83. The highest BCUT2D eigenvalue weighted by molar-refractivity contribution is 6.08. The van der Waals surface area contributed by atoms with Crippen LogP contribution in [0.3, 0.4) is 0 Å². The van der Waals surface area contributed by atoms with Crippen molar-refractivity contribution in [1.82, 2.24) is 19.8 Å². The summed E-state index contributed by atoms with van der Waals surface area (Å²) in [6, 6.07) is 13.0. The SMILES string of the molecule is Cc1ccccc1CN1CCC(Cc2ccn3ncc(N4CCC(=O)NC4=N)c3c2)CC1. The number of nitrogens with zero attached hydrogens (tertiary/aromatic N) is 4. The van der Waals surface area contributed by atoms with Gasteiger partial charge in [0.2, 0.25) is 11.9 Å². The Bertz CT molecular complexity index is 1140. The van der Waals surface area contributed by atoms with Gasteiger partial charge < -0.3 is 4.90 Å². The van der Waals surface area contributed by atoms with E-state index in [2.05, 4.69) is 58.6 Å². The first kappa shape index (κ1) is 20.7. The van der Waals surface area contributed by atoms with Crippen LogP contribution in [0.5, 0.6) is 0 Å². The van der Waals surface area contributed by atoms with Gasteiger partial charge >= 0.3 is 0 Å². The molecule has 1 amide bonds. The number of benzene rings is 1. The van der Waals surface area contributed by atoms with Crippen molar-refractivity contribution in [3.8, 4) is 0 Å². The number of guanidine groups is 1. The molecule has 5 rings (SSSR count). The fourth-order valence-corrected chi connectivity index (χ4v) is 4.88. The molecule has 7 nitrogen and oxygen atoms in total. The van der Waals surface area contributed by atoms with Gasteiger partial charge in [0.25, 0.3) is 0 Å². The van der Waals surface area contributed by atoms with Gasteiger partial charge in [-0.25, -0.2) is 4.52 Å². The third kappa shape index (κ3) is 4.25. The molecule has 1 aromatic carbocycles. The first-order chi connectivity index (χ1) is 15.6. The van der Waals surface area contributed by atoms with Crippen molar-refractivity contribution in [2.45, 2.75) is 39.2 Å². The van der Waals surface area contributed by atoms with Crippen LogP contribution in [0.25, 0.3) is 5.52 Å². The van der Waals surface area contributed by atoms with E-state index in [1.165, 1.54) is 29.5 Å². The number of amides is 1. The summed E-state index contributed by atoms with van der Waals surface area (Å²) in [6.07, 6.45) is 7.68. The van der Waals surface area contributed by atoms with Crippen LogP contribution in [0.2, 0.25) is 0 Å². The number of piperidine rings is 1. The summed E-state index contributed by atoms with van der Waals surface area (Å²) in [5.74, 6) is 0.712. The molecule has 2 aromatic heterocycles. The molecular formula is C25H30N6O. The molecule has 0 unspecified atom stereocenters. The van der Waals surface area contributed by atoms with Gasteiger partial charge in [-0.15, -0.1) is 0 Å². The van der Waals surface area contributed by atoms with E-state index in [1.54, 1.807) is 6.20 Å². The number of anilines is 1. The Balaban J connectivity index is 1.24. The van der Waals surface area contributed by atoms with Crippen molar-refractivity contribution in [3.63, 3.8) is 0 Å². The molecule has 32 heavy (non-hydrogen) atoms. The summed E-state index contributed by atoms with van der Waals surface area (Å²) in [5, 5.41) is 15.2. The Labute approximate surface area is 188 Å². The van der Waals surface area contributed by atoms with E-state index in [4.69, 9.17) is 5.41 Å². The van der Waals surface area contributed by atoms with Crippen molar-refractivity contribution < 1.29 is 4.79 Å². The Kier molecular flexibility index (Phi) is 5.66. The van der Waals surface area contributed by atoms with Crippen molar-refractivity contribution in [2.75, 3.05) is 24.5 Å². The van der Waals surface area contributed by atoms with Crippen molar-refractivity contribution in [3.05, 3.63) is 65.5 Å². The molecule has 2 N–H and O–H groups in total. The molecule has 166 valence electrons. The Morgan fingerprint density at radius 1 is 1.16 bits per heavy atom. The second kappa shape index (κ2) is 8.74. The van der Waals surface area contributed by atoms with E-state index in [1.807, 2.05) is 15.6 Å². The summed E-state index contributed by atoms with van der Waals surface area (Å²) in [4.78, 5) is 16.0. The lowest BCUT2D eigenvalue weighted by atomic mass is 9.90. The molecule has 0 saturated carbocycles. The lowest BCUT2D eigenvalue weighted by Crippen LogP contribution is -2.50. The quantitative estimate of drug-likeness (QED) is 0.651. The lowest BCUT2D eigenvalue weighted by molar-refractivity contribution is -0.119. The molecule has 0 aliphatic carbocycles. The lowest BCUT2D eigenvalue weighted by Gasteiger charge is -2.32. The number of nitrogens with one attached hydrogen (secondary N) is 2. The molecular weight excluding hydrogens is 400 g/mol. The molecule has 0 radical (unpaired) electrons. The van der Waals surface area contributed by atoms with Gasteiger partial charge in [-0.2, -0.15) is 5.10 Å². The minimum absolute atomic E-state index is 0.0998. The summed E-state index contributed by atoms with van der Waals surface area (Å²) in [5.41, 5.74) is 5.99. The minimum Gasteiger partial charge on any atom is -0.309 e. The summed E-state index contributed by atoms with van der Waals surface area (Å²) in [7, 11) is 0. The molecule has 4 heterocycles. The van der Waals surface area contributed by atoms with Crippen LogP contribution < -0.4 is 10.2 Å². The number of pyridine rings is 1. The maximum absolute atomic E-state index is 11.6. The van der Waals surface area contributed by atoms with Gasteiger partial charge in [-0.1, -0.05) is 24.3 Å². The largest absolute Gasteiger partial charge is 0.309 e. The maximum Gasteiger partial charge on any atom is 0.228 e. The highest BCUT2D eigenvalue weighted by atomic mass is 16.2. The van der Waals surface area contributed by atoms with E-state index in [-0.39, 0.29) is 11.9 Å². The first-order valence-electron chi connectivity index (χ1n) is 11.5. The predicted octanol–water partition coefficient (Wildman–Crippen LogP) is 3.36. The smallest absolute Gasteiger partial charge is 0.228 e. The Hall–Kier alpha value is -3.19. The number of carbonyl (C=O) groups excluding carboxylic acids is 1. The Morgan fingerprint density at radius 2 is 1.97 bits per heavy atom. The third-order valence-electron chi connectivity index (χ3n) is 6.83. The van der Waals surface area contributed by atoms with Gasteiger partial charge in [-0.05, 0) is 74.0 Å². The summed E-state index contributed by atoms with van der Waals surface area (Å²) < 4.78 is 1.85. The standard InChI is InChI=1S/C25H30N6O/c1-18-4-2-3-5-21(18)17-29-10-6-19(7-11-29)14-20-8-13-31-22(15-20)23(16-27-31)30-12-9-24(32)28-25(30)26/h2-5,8,13,15-16,19H,6-7,9-12,14,17H2,1H3,(H2,26,28,32). The fourth-order valence-electron chi connectivity index (χ4n) is 4.88. The molecule has 0 spiro atoms. The van der Waals surface area contributed by atoms with Crippen molar-refractivity contribution in [1.29, 1.82) is 5.41 Å². The first-order valence-corrected chi connectivity index (χ1v) is 11.5. The normalized spacial score (nSPS) is 18.3. The number of carbonyl (C=O) groups is 1. The van der Waals surface area contributed by atoms with Crippen LogP contribution in [0.1, 0.15) is 36.0 Å². The second-order valence-corrected chi connectivity index (χ2v) is 9.04. The number of fused-ring (bicyclic) bond motifs is 1. The van der Waals surface area contributed by atoms with Gasteiger partial charge in [0.05, 0.1) is 17.4 Å². The zero-order valence-corrected chi connectivity index (χ0v) is 18.6. The average Bonchev–Trinajstić information content (AvgIpc) is 3.20. The highest BCUT2D eigenvalue weighted by Crippen LogP contribution is 2.27. The topological polar surface area (TPSA) is 76.7 Å². The van der Waals surface area contributed by atoms with Crippen molar-refractivity contribution >= 4 is 23.1 Å². The van der Waals surface area contributed by atoms with Gasteiger partial charge in [0.1, 0.15) is 0 Å². The van der Waals surface area contributed by atoms with Crippen LogP contribution >= 0.6 is 0 Å². The number of aryl methyl sites for hydroxylation is 1. The fraction of sp³-hybridized carbons (Fsp3) is 0.400. The molecule has 2 aliphatic rings. The van der Waals surface area contributed by atoms with Gasteiger partial charge in [0, 0.05) is 25.7 Å². The van der Waals surface area contributed by atoms with E-state index >= 15 is 0 Å². The maximum atomic E-state index is 11.6. The van der Waals surface area contributed by atoms with Crippen LogP contribution in [0.4, 0.5) is 5.69 Å². The second-order valence-electron chi connectivity index (χ2n) is 9.04. The van der Waals surface area contributed by atoms with Crippen LogP contribution in [0, 0.1) is 18.3 Å². The molecule has 2 aliphatic heterocycles. The number of hydrogen-bond acceptors (Lipinski definition) is 4. The van der Waals surface area contributed by atoms with E-state index < -0.39 is 0 Å². The molecule has 0 bridgehead atoms. The van der Waals surface area contributed by atoms with Crippen LogP contribution in [-0.4, -0.2) is 46.0 Å². The summed E-state index contributed by atoms with van der Waals surface area (Å²) in [6.45, 7) is 6.04. The molecule has 2 fully saturated rings. The van der Waals surface area contributed by atoms with Gasteiger partial charge in [0.15, 0.2) is 0 Å². The molecule has 2 saturated heterocycles. The number of rotatable bonds is 5. The Morgan fingerprint density at radius 3 is 2.75 bits per heavy atom. The highest BCUT2D eigenvalue weighted by Gasteiger charge is 2.25. The zero-order valence-electron chi connectivity index (χ0n) is 18.6. The van der Waals surface area contributed by atoms with Crippen molar-refractivity contribution in [2.24, 2.45) is 5.92 Å². The minimum atomic E-state index is -0.0998. The van der Waals surface area contributed by atoms with Gasteiger partial charge in [-0.3, -0.25) is 20.4 Å². The number of aromatic nitrogens is 2. The van der Waals surface area contributed by atoms with Crippen LogP contribution in [-0.2, 0) is 17.8 Å². The van der Waals surface area contributed by atoms with E-state index in [0.717, 1.165) is 37.3 Å². The monoisotopic (exact) mass is 430 g/mol. The average molecular weight is 431 g/mol. The van der Waals surface area contributed by atoms with Crippen LogP contribution in [0.15, 0.2) is 48.8 Å². The number of likely N-dealkylation sites (tertiary alicyclic amines) is 1. The van der Waals surface area contributed by atoms with E-state index in [9.17, 15) is 4.79 Å². The van der Waals surface area contributed by atoms with E-state index in [0.29, 0.717) is 18.9 Å². The zero-order chi connectivity index (χ0) is 22.1. The molecule has 0 atom stereocenters. The predicted molar refractivity (Wildman–Crippen MR) is 126 cm³/mol. The molecule has 3 aromatic rings.